The van der Waals surface area contributed by atoms with Crippen LogP contribution in [0.5, 0.6) is 0 Å². The van der Waals surface area contributed by atoms with Gasteiger partial charge in [0.2, 0.25) is 0 Å². The summed E-state index contributed by atoms with van der Waals surface area (Å²) < 4.78 is 39.3. The lowest BCUT2D eigenvalue weighted by atomic mass is 9.86. The maximum absolute atomic E-state index is 13.2. The Bertz CT molecular complexity index is 1170. The van der Waals surface area contributed by atoms with Gasteiger partial charge in [0.05, 0.1) is 22.5 Å². The molecular formula is C28H37F3N6O2. The summed E-state index contributed by atoms with van der Waals surface area (Å²) >= 11 is 0. The second-order valence-corrected chi connectivity index (χ2v) is 10.6. The smallest absolute Gasteiger partial charge is 0.394 e. The Morgan fingerprint density at radius 3 is 2.23 bits per heavy atom. The monoisotopic (exact) mass is 546 g/mol. The number of rotatable bonds is 5. The quantitative estimate of drug-likeness (QED) is 0.312. The van der Waals surface area contributed by atoms with E-state index in [0.29, 0.717) is 54.6 Å². The van der Waals surface area contributed by atoms with E-state index in [0.717, 1.165) is 38.1 Å². The number of piperazine rings is 1. The Labute approximate surface area is 227 Å². The van der Waals surface area contributed by atoms with Gasteiger partial charge in [-0.05, 0) is 59.6 Å². The number of carbonyl (C=O) groups excluding carboxylic acids is 1. The fourth-order valence-electron chi connectivity index (χ4n) is 5.54. The molecular weight excluding hydrogens is 509 g/mol. The number of amidine groups is 1. The molecule has 4 rings (SSSR count). The standard InChI is InChI=1S/C28H37F3N6O2/c1-6-39-34-25(22-7-9-23(10-8-22)28(29,30)31)37-16-15-36(17-19(37)2)27(5)11-13-35(14-12-27)26(38)24-20(3)32-18-33-21(24)4/h7-10,18-19H,6,11-17H2,1-5H3/b34-25-. The van der Waals surface area contributed by atoms with E-state index in [2.05, 4.69) is 38.8 Å². The summed E-state index contributed by atoms with van der Waals surface area (Å²) in [6.07, 6.45) is -1.22. The normalized spacial score (nSPS) is 20.7. The molecule has 0 N–H and O–H groups in total. The summed E-state index contributed by atoms with van der Waals surface area (Å²) in [5, 5.41) is 4.29. The van der Waals surface area contributed by atoms with Gasteiger partial charge >= 0.3 is 6.18 Å². The molecule has 212 valence electrons. The predicted molar refractivity (Wildman–Crippen MR) is 142 cm³/mol. The van der Waals surface area contributed by atoms with Crippen LogP contribution in [0.15, 0.2) is 35.7 Å². The van der Waals surface area contributed by atoms with Crippen molar-refractivity contribution in [2.24, 2.45) is 5.16 Å². The number of hydrogen-bond donors (Lipinski definition) is 0. The van der Waals surface area contributed by atoms with Crippen molar-refractivity contribution in [3.63, 3.8) is 0 Å². The molecule has 2 saturated heterocycles. The number of piperidine rings is 1. The van der Waals surface area contributed by atoms with Crippen LogP contribution in [0, 0.1) is 13.8 Å². The first-order valence-corrected chi connectivity index (χ1v) is 13.4. The van der Waals surface area contributed by atoms with Crippen LogP contribution in [0.3, 0.4) is 0 Å². The van der Waals surface area contributed by atoms with Crippen molar-refractivity contribution in [3.05, 3.63) is 58.7 Å². The second kappa shape index (κ2) is 11.5. The van der Waals surface area contributed by atoms with Gasteiger partial charge in [-0.2, -0.15) is 13.2 Å². The number of benzene rings is 1. The first kappa shape index (κ1) is 28.8. The Morgan fingerprint density at radius 1 is 1.08 bits per heavy atom. The number of aromatic nitrogens is 2. The molecule has 0 aliphatic carbocycles. The van der Waals surface area contributed by atoms with Crippen molar-refractivity contribution < 1.29 is 22.8 Å². The van der Waals surface area contributed by atoms with Crippen molar-refractivity contribution in [3.8, 4) is 0 Å². The van der Waals surface area contributed by atoms with Crippen molar-refractivity contribution in [1.29, 1.82) is 0 Å². The molecule has 0 bridgehead atoms. The number of hydrogen-bond acceptors (Lipinski definition) is 6. The van der Waals surface area contributed by atoms with E-state index in [1.807, 2.05) is 25.7 Å². The van der Waals surface area contributed by atoms with Gasteiger partial charge in [0.15, 0.2) is 5.84 Å². The lowest BCUT2D eigenvalue weighted by Gasteiger charge is -2.52. The molecule has 1 aromatic carbocycles. The Hall–Kier alpha value is -3.21. The second-order valence-electron chi connectivity index (χ2n) is 10.6. The lowest BCUT2D eigenvalue weighted by Crippen LogP contribution is -2.63. The fourth-order valence-corrected chi connectivity index (χ4v) is 5.54. The third kappa shape index (κ3) is 6.18. The van der Waals surface area contributed by atoms with Gasteiger partial charge in [0.25, 0.3) is 5.91 Å². The molecule has 0 radical (unpaired) electrons. The number of alkyl halides is 3. The fraction of sp³-hybridized carbons (Fsp3) is 0.571. The molecule has 11 heteroatoms. The third-order valence-electron chi connectivity index (χ3n) is 7.98. The van der Waals surface area contributed by atoms with Crippen molar-refractivity contribution >= 4 is 11.7 Å². The van der Waals surface area contributed by atoms with Crippen LogP contribution in [0.1, 0.15) is 66.5 Å². The van der Waals surface area contributed by atoms with Gasteiger partial charge < -0.3 is 14.6 Å². The van der Waals surface area contributed by atoms with E-state index in [-0.39, 0.29) is 17.5 Å². The molecule has 0 saturated carbocycles. The first-order chi connectivity index (χ1) is 18.4. The van der Waals surface area contributed by atoms with Crippen LogP contribution in [0.2, 0.25) is 0 Å². The van der Waals surface area contributed by atoms with Crippen LogP contribution in [0.25, 0.3) is 0 Å². The van der Waals surface area contributed by atoms with E-state index < -0.39 is 11.7 Å². The number of aryl methyl sites for hydroxylation is 2. The molecule has 1 amide bonds. The number of carbonyl (C=O) groups is 1. The van der Waals surface area contributed by atoms with Gasteiger partial charge in [0, 0.05) is 49.9 Å². The molecule has 8 nitrogen and oxygen atoms in total. The van der Waals surface area contributed by atoms with Gasteiger partial charge in [-0.3, -0.25) is 9.69 Å². The van der Waals surface area contributed by atoms with Gasteiger partial charge in [-0.25, -0.2) is 9.97 Å². The minimum absolute atomic E-state index is 0.0147. The van der Waals surface area contributed by atoms with Crippen LogP contribution >= 0.6 is 0 Å². The van der Waals surface area contributed by atoms with Crippen LogP contribution in [-0.4, -0.2) is 87.3 Å². The molecule has 0 spiro atoms. The largest absolute Gasteiger partial charge is 0.416 e. The SMILES string of the molecule is CCO/N=C(/c1ccc(C(F)(F)F)cc1)N1CCN(C2(C)CCN(C(=O)c3c(C)ncnc3C)CC2)CC1C. The molecule has 1 aromatic heterocycles. The highest BCUT2D eigenvalue weighted by Gasteiger charge is 2.41. The summed E-state index contributed by atoms with van der Waals surface area (Å²) in [7, 11) is 0. The topological polar surface area (TPSA) is 74.2 Å². The number of nitrogens with zero attached hydrogens (tertiary/aromatic N) is 6. The summed E-state index contributed by atoms with van der Waals surface area (Å²) in [4.78, 5) is 33.5. The van der Waals surface area contributed by atoms with Gasteiger partial charge in [-0.1, -0.05) is 17.3 Å². The first-order valence-electron chi connectivity index (χ1n) is 13.4. The van der Waals surface area contributed by atoms with E-state index >= 15 is 0 Å². The van der Waals surface area contributed by atoms with Gasteiger partial charge in [-0.15, -0.1) is 0 Å². The minimum atomic E-state index is -4.39. The van der Waals surface area contributed by atoms with Crippen LogP contribution in [-0.2, 0) is 11.0 Å². The summed E-state index contributed by atoms with van der Waals surface area (Å²) in [6, 6.07) is 5.13. The average Bonchev–Trinajstić information content (AvgIpc) is 2.89. The summed E-state index contributed by atoms with van der Waals surface area (Å²) in [5.41, 5.74) is 1.81. The van der Waals surface area contributed by atoms with Crippen molar-refractivity contribution in [2.45, 2.75) is 65.2 Å². The highest BCUT2D eigenvalue weighted by molar-refractivity contribution is 5.99. The zero-order chi connectivity index (χ0) is 28.4. The predicted octanol–water partition coefficient (Wildman–Crippen LogP) is 4.51. The summed E-state index contributed by atoms with van der Waals surface area (Å²) in [5.74, 6) is 0.526. The minimum Gasteiger partial charge on any atom is -0.394 e. The zero-order valence-corrected chi connectivity index (χ0v) is 23.3. The third-order valence-corrected chi connectivity index (χ3v) is 7.98. The highest BCUT2D eigenvalue weighted by atomic mass is 19.4. The zero-order valence-electron chi connectivity index (χ0n) is 23.3. The number of amides is 1. The Balaban J connectivity index is 1.43. The van der Waals surface area contributed by atoms with Gasteiger partial charge in [0.1, 0.15) is 12.9 Å². The maximum atomic E-state index is 13.2. The molecule has 1 unspecified atom stereocenters. The number of oxime groups is 1. The lowest BCUT2D eigenvalue weighted by molar-refractivity contribution is -0.137. The molecule has 3 heterocycles. The number of halogens is 3. The summed E-state index contributed by atoms with van der Waals surface area (Å²) in [6.45, 7) is 13.7. The Kier molecular flexibility index (Phi) is 8.48. The molecule has 1 atom stereocenters. The van der Waals surface area contributed by atoms with Crippen LogP contribution in [0.4, 0.5) is 13.2 Å². The molecule has 2 fully saturated rings. The van der Waals surface area contributed by atoms with E-state index in [4.69, 9.17) is 4.84 Å². The average molecular weight is 547 g/mol. The molecule has 2 aromatic rings. The van der Waals surface area contributed by atoms with Crippen molar-refractivity contribution in [1.82, 2.24) is 24.7 Å². The molecule has 39 heavy (non-hydrogen) atoms. The highest BCUT2D eigenvalue weighted by Crippen LogP contribution is 2.33. The maximum Gasteiger partial charge on any atom is 0.416 e. The van der Waals surface area contributed by atoms with Crippen molar-refractivity contribution in [2.75, 3.05) is 39.3 Å². The van der Waals surface area contributed by atoms with Crippen LogP contribution < -0.4 is 0 Å². The van der Waals surface area contributed by atoms with E-state index in [9.17, 15) is 18.0 Å². The molecule has 2 aliphatic rings. The number of likely N-dealkylation sites (tertiary alicyclic amines) is 1. The van der Waals surface area contributed by atoms with E-state index in [1.165, 1.54) is 18.5 Å². The Morgan fingerprint density at radius 2 is 1.69 bits per heavy atom. The van der Waals surface area contributed by atoms with E-state index in [1.54, 1.807) is 0 Å². The molecule has 2 aliphatic heterocycles.